The van der Waals surface area contributed by atoms with Crippen LogP contribution in [0.4, 0.5) is 0 Å². The summed E-state index contributed by atoms with van der Waals surface area (Å²) >= 11 is 1.80. The number of thiophene rings is 1. The molecule has 0 atom stereocenters. The zero-order chi connectivity index (χ0) is 33.2. The van der Waals surface area contributed by atoms with E-state index in [2.05, 4.69) is 126 Å². The van der Waals surface area contributed by atoms with Crippen molar-refractivity contribution in [3.8, 4) is 45.7 Å². The Kier molecular flexibility index (Phi) is 6.38. The highest BCUT2D eigenvalue weighted by Crippen LogP contribution is 2.45. The van der Waals surface area contributed by atoms with Crippen molar-refractivity contribution in [1.29, 1.82) is 5.26 Å². The first-order chi connectivity index (χ1) is 24.7. The third kappa shape index (κ3) is 4.36. The van der Waals surface area contributed by atoms with Gasteiger partial charge in [-0.05, 0) is 59.3 Å². The minimum Gasteiger partial charge on any atom is -0.309 e. The van der Waals surface area contributed by atoms with Crippen LogP contribution in [0.25, 0.3) is 92.3 Å². The molecule has 4 nitrogen and oxygen atoms in total. The number of para-hydroxylation sites is 2. The number of rotatable bonds is 4. The lowest BCUT2D eigenvalue weighted by Crippen LogP contribution is -2.01. The Morgan fingerprint density at radius 1 is 0.500 bits per heavy atom. The molecule has 10 rings (SSSR count). The summed E-state index contributed by atoms with van der Waals surface area (Å²) in [6, 6.07) is 57.3. The van der Waals surface area contributed by atoms with Gasteiger partial charge in [0.05, 0.1) is 22.4 Å². The molecular weight excluding hydrogens is 629 g/mol. The van der Waals surface area contributed by atoms with E-state index in [0.717, 1.165) is 38.5 Å². The van der Waals surface area contributed by atoms with Crippen LogP contribution in [0.5, 0.6) is 0 Å². The zero-order valence-electron chi connectivity index (χ0n) is 26.7. The molecule has 0 aliphatic carbocycles. The average molecular weight is 655 g/mol. The number of nitrogens with zero attached hydrogens (tertiary/aromatic N) is 4. The molecule has 232 valence electrons. The Bertz CT molecular complexity index is 2990. The Morgan fingerprint density at radius 2 is 1.16 bits per heavy atom. The largest absolute Gasteiger partial charge is 0.309 e. The molecule has 7 aromatic carbocycles. The van der Waals surface area contributed by atoms with Gasteiger partial charge in [-0.15, -0.1) is 11.3 Å². The zero-order valence-corrected chi connectivity index (χ0v) is 27.5. The Morgan fingerprint density at radius 3 is 1.96 bits per heavy atom. The van der Waals surface area contributed by atoms with Gasteiger partial charge in [-0.25, -0.2) is 9.97 Å². The van der Waals surface area contributed by atoms with Crippen molar-refractivity contribution >= 4 is 64.1 Å². The van der Waals surface area contributed by atoms with Crippen molar-refractivity contribution in [3.63, 3.8) is 0 Å². The van der Waals surface area contributed by atoms with E-state index in [-0.39, 0.29) is 0 Å². The van der Waals surface area contributed by atoms with E-state index in [1.165, 1.54) is 36.6 Å². The van der Waals surface area contributed by atoms with Crippen LogP contribution in [-0.4, -0.2) is 14.5 Å². The van der Waals surface area contributed by atoms with Gasteiger partial charge in [0.15, 0.2) is 5.82 Å². The molecule has 50 heavy (non-hydrogen) atoms. The Balaban J connectivity index is 1.26. The molecule has 0 radical (unpaired) electrons. The fourth-order valence-corrected chi connectivity index (χ4v) is 8.46. The Labute approximate surface area is 291 Å². The van der Waals surface area contributed by atoms with E-state index in [4.69, 9.17) is 9.97 Å². The summed E-state index contributed by atoms with van der Waals surface area (Å²) in [4.78, 5) is 10.2. The number of aromatic nitrogens is 3. The summed E-state index contributed by atoms with van der Waals surface area (Å²) in [6.07, 6.45) is 0. The highest BCUT2D eigenvalue weighted by Gasteiger charge is 2.21. The molecule has 0 bridgehead atoms. The third-order valence-corrected chi connectivity index (χ3v) is 10.8. The molecule has 0 amide bonds. The second kappa shape index (κ2) is 11.2. The van der Waals surface area contributed by atoms with E-state index >= 15 is 0 Å². The fraction of sp³-hybridized carbons (Fsp3) is 0. The van der Waals surface area contributed by atoms with Gasteiger partial charge in [0.1, 0.15) is 11.6 Å². The van der Waals surface area contributed by atoms with Gasteiger partial charge >= 0.3 is 0 Å². The van der Waals surface area contributed by atoms with Crippen molar-refractivity contribution < 1.29 is 0 Å². The topological polar surface area (TPSA) is 54.5 Å². The smallest absolute Gasteiger partial charge is 0.160 e. The third-order valence-electron chi connectivity index (χ3n) is 9.63. The van der Waals surface area contributed by atoms with Crippen LogP contribution in [0, 0.1) is 11.3 Å². The van der Waals surface area contributed by atoms with Gasteiger partial charge in [-0.2, -0.15) is 5.26 Å². The van der Waals surface area contributed by atoms with Crippen LogP contribution >= 0.6 is 11.3 Å². The standard InChI is InChI=1S/C45H26N4S/c46-27-36-43(31-20-19-28-11-7-8-14-30(28)25-31)47-45(29-12-3-1-4-13-29)48-44(36)32-21-23-39-35(26-32)42-40(50-39)24-22-38-41(42)34-17-9-10-18-37(34)49(38)33-15-5-2-6-16-33/h1-26H. The van der Waals surface area contributed by atoms with Gasteiger partial charge in [0, 0.05) is 53.3 Å². The maximum atomic E-state index is 10.8. The quantitative estimate of drug-likeness (QED) is 0.190. The molecule has 0 aliphatic heterocycles. The first-order valence-corrected chi connectivity index (χ1v) is 17.4. The second-order valence-corrected chi connectivity index (χ2v) is 13.6. The molecule has 0 N–H and O–H groups in total. The molecule has 0 saturated carbocycles. The van der Waals surface area contributed by atoms with E-state index in [0.29, 0.717) is 22.8 Å². The maximum Gasteiger partial charge on any atom is 0.160 e. The lowest BCUT2D eigenvalue weighted by molar-refractivity contribution is 1.17. The monoisotopic (exact) mass is 654 g/mol. The van der Waals surface area contributed by atoms with Crippen molar-refractivity contribution in [2.45, 2.75) is 0 Å². The summed E-state index contributed by atoms with van der Waals surface area (Å²) in [6.45, 7) is 0. The molecule has 0 saturated heterocycles. The normalized spacial score (nSPS) is 11.6. The van der Waals surface area contributed by atoms with Crippen LogP contribution < -0.4 is 0 Å². The highest BCUT2D eigenvalue weighted by atomic mass is 32.1. The first kappa shape index (κ1) is 28.4. The van der Waals surface area contributed by atoms with Crippen LogP contribution in [0.2, 0.25) is 0 Å². The average Bonchev–Trinajstić information content (AvgIpc) is 3.73. The fourth-order valence-electron chi connectivity index (χ4n) is 7.37. The van der Waals surface area contributed by atoms with Crippen LogP contribution in [0.15, 0.2) is 158 Å². The van der Waals surface area contributed by atoms with Crippen LogP contribution in [-0.2, 0) is 0 Å². The van der Waals surface area contributed by atoms with E-state index < -0.39 is 0 Å². The molecule has 10 aromatic rings. The molecule has 3 heterocycles. The first-order valence-electron chi connectivity index (χ1n) is 16.6. The van der Waals surface area contributed by atoms with E-state index in [1.54, 1.807) is 11.3 Å². The molecule has 5 heteroatoms. The molecule has 0 spiro atoms. The summed E-state index contributed by atoms with van der Waals surface area (Å²) in [7, 11) is 0. The van der Waals surface area contributed by atoms with E-state index in [1.807, 2.05) is 42.5 Å². The number of nitriles is 1. The lowest BCUT2D eigenvalue weighted by atomic mass is 9.97. The number of benzene rings is 7. The summed E-state index contributed by atoms with van der Waals surface area (Å²) in [5, 5.41) is 17.8. The molecular formula is C45H26N4S. The summed E-state index contributed by atoms with van der Waals surface area (Å²) in [5.74, 6) is 0.589. The summed E-state index contributed by atoms with van der Waals surface area (Å²) in [5.41, 5.74) is 7.87. The molecule has 0 unspecified atom stereocenters. The Hall–Kier alpha value is -6.61. The number of hydrogen-bond acceptors (Lipinski definition) is 4. The minimum atomic E-state index is 0.463. The van der Waals surface area contributed by atoms with E-state index in [9.17, 15) is 5.26 Å². The van der Waals surface area contributed by atoms with Crippen molar-refractivity contribution in [2.75, 3.05) is 0 Å². The van der Waals surface area contributed by atoms with Crippen molar-refractivity contribution in [3.05, 3.63) is 163 Å². The second-order valence-electron chi connectivity index (χ2n) is 12.5. The number of fused-ring (bicyclic) bond motifs is 8. The summed E-state index contributed by atoms with van der Waals surface area (Å²) < 4.78 is 4.78. The SMILES string of the molecule is N#Cc1c(-c2ccc3ccccc3c2)nc(-c2ccccc2)nc1-c1ccc2sc3ccc4c(c5ccccc5n4-c4ccccc4)c3c2c1. The lowest BCUT2D eigenvalue weighted by Gasteiger charge is -2.13. The van der Waals surface area contributed by atoms with Gasteiger partial charge in [-0.3, -0.25) is 0 Å². The number of hydrogen-bond donors (Lipinski definition) is 0. The predicted molar refractivity (Wildman–Crippen MR) is 208 cm³/mol. The molecule has 0 aliphatic rings. The van der Waals surface area contributed by atoms with Crippen molar-refractivity contribution in [2.24, 2.45) is 0 Å². The highest BCUT2D eigenvalue weighted by molar-refractivity contribution is 7.26. The van der Waals surface area contributed by atoms with Gasteiger partial charge in [0.2, 0.25) is 0 Å². The minimum absolute atomic E-state index is 0.463. The molecule has 3 aromatic heterocycles. The van der Waals surface area contributed by atoms with Crippen molar-refractivity contribution in [1.82, 2.24) is 14.5 Å². The van der Waals surface area contributed by atoms with Gasteiger partial charge in [-0.1, -0.05) is 109 Å². The van der Waals surface area contributed by atoms with Gasteiger partial charge in [0.25, 0.3) is 0 Å². The maximum absolute atomic E-state index is 10.8. The molecule has 0 fully saturated rings. The van der Waals surface area contributed by atoms with Gasteiger partial charge < -0.3 is 4.57 Å². The van der Waals surface area contributed by atoms with Crippen LogP contribution in [0.1, 0.15) is 5.56 Å². The van der Waals surface area contributed by atoms with Crippen LogP contribution in [0.3, 0.4) is 0 Å². The predicted octanol–water partition coefficient (Wildman–Crippen LogP) is 12.0.